The van der Waals surface area contributed by atoms with E-state index in [1.807, 2.05) is 32.9 Å². The molecule has 0 saturated carbocycles. The highest BCUT2D eigenvalue weighted by molar-refractivity contribution is 6.04. The van der Waals surface area contributed by atoms with Crippen LogP contribution in [0.1, 0.15) is 41.4 Å². The average molecular weight is 285 g/mol. The number of hydrazine groups is 1. The van der Waals surface area contributed by atoms with Gasteiger partial charge in [0.1, 0.15) is 11.6 Å². The van der Waals surface area contributed by atoms with Crippen LogP contribution in [0.3, 0.4) is 0 Å². The molecule has 110 valence electrons. The summed E-state index contributed by atoms with van der Waals surface area (Å²) in [4.78, 5) is 20.8. The van der Waals surface area contributed by atoms with Crippen molar-refractivity contribution < 1.29 is 4.79 Å². The van der Waals surface area contributed by atoms with Crippen molar-refractivity contribution >= 4 is 17.5 Å². The molecule has 2 aromatic heterocycles. The van der Waals surface area contributed by atoms with Gasteiger partial charge in [0.25, 0.3) is 5.91 Å². The topological polar surface area (TPSA) is 92.9 Å². The standard InChI is InChI=1S/C15H19N5O/c1-9(2)12-7-11(8-13(18-12)20-16)15(21)19-14-10(3)5-4-6-17-14/h4-9H,16H2,1-3H3,(H,18,20)(H,17,19,21). The van der Waals surface area contributed by atoms with Crippen LogP contribution < -0.4 is 16.6 Å². The Morgan fingerprint density at radius 3 is 2.71 bits per heavy atom. The molecule has 1 amide bonds. The third kappa shape index (κ3) is 3.55. The Balaban J connectivity index is 2.30. The minimum absolute atomic E-state index is 0.196. The van der Waals surface area contributed by atoms with Gasteiger partial charge in [-0.1, -0.05) is 19.9 Å². The third-order valence-electron chi connectivity index (χ3n) is 3.09. The van der Waals surface area contributed by atoms with E-state index in [4.69, 9.17) is 5.84 Å². The smallest absolute Gasteiger partial charge is 0.257 e. The molecule has 0 fully saturated rings. The lowest BCUT2D eigenvalue weighted by atomic mass is 10.1. The number of nitrogens with zero attached hydrogens (tertiary/aromatic N) is 2. The van der Waals surface area contributed by atoms with Gasteiger partial charge in [0.05, 0.1) is 0 Å². The molecule has 2 rings (SSSR count). The summed E-state index contributed by atoms with van der Waals surface area (Å²) >= 11 is 0. The minimum Gasteiger partial charge on any atom is -0.308 e. The van der Waals surface area contributed by atoms with Crippen molar-refractivity contribution in [3.63, 3.8) is 0 Å². The molecule has 0 radical (unpaired) electrons. The lowest BCUT2D eigenvalue weighted by Crippen LogP contribution is -2.17. The molecule has 0 aromatic carbocycles. The van der Waals surface area contributed by atoms with Crippen LogP contribution in [0.2, 0.25) is 0 Å². The maximum Gasteiger partial charge on any atom is 0.257 e. The zero-order valence-corrected chi connectivity index (χ0v) is 12.3. The summed E-state index contributed by atoms with van der Waals surface area (Å²) in [5.74, 6) is 6.38. The van der Waals surface area contributed by atoms with Gasteiger partial charge >= 0.3 is 0 Å². The molecule has 0 aliphatic heterocycles. The van der Waals surface area contributed by atoms with Gasteiger partial charge in [0.2, 0.25) is 0 Å². The summed E-state index contributed by atoms with van der Waals surface area (Å²) < 4.78 is 0. The number of pyridine rings is 2. The number of aryl methyl sites for hydroxylation is 1. The van der Waals surface area contributed by atoms with Crippen LogP contribution in [0, 0.1) is 6.92 Å². The van der Waals surface area contributed by atoms with Crippen LogP contribution in [0.4, 0.5) is 11.6 Å². The first kappa shape index (κ1) is 14.9. The van der Waals surface area contributed by atoms with E-state index in [0.717, 1.165) is 11.3 Å². The van der Waals surface area contributed by atoms with Crippen LogP contribution in [0.15, 0.2) is 30.5 Å². The molecule has 0 bridgehead atoms. The summed E-state index contributed by atoms with van der Waals surface area (Å²) in [6.07, 6.45) is 1.64. The van der Waals surface area contributed by atoms with E-state index in [-0.39, 0.29) is 11.8 Å². The van der Waals surface area contributed by atoms with Gasteiger partial charge in [0, 0.05) is 17.5 Å². The number of nitrogens with two attached hydrogens (primary N) is 1. The van der Waals surface area contributed by atoms with Crippen LogP contribution >= 0.6 is 0 Å². The predicted octanol–water partition coefficient (Wildman–Crippen LogP) is 2.45. The summed E-state index contributed by atoms with van der Waals surface area (Å²) in [7, 11) is 0. The summed E-state index contributed by atoms with van der Waals surface area (Å²) in [5, 5.41) is 2.80. The lowest BCUT2D eigenvalue weighted by Gasteiger charge is -2.11. The molecule has 2 aromatic rings. The number of nitrogen functional groups attached to an aromatic ring is 1. The van der Waals surface area contributed by atoms with Gasteiger partial charge in [-0.15, -0.1) is 0 Å². The predicted molar refractivity (Wildman–Crippen MR) is 83.1 cm³/mol. The number of hydrogen-bond donors (Lipinski definition) is 3. The van der Waals surface area contributed by atoms with Crippen molar-refractivity contribution in [1.29, 1.82) is 0 Å². The second-order valence-corrected chi connectivity index (χ2v) is 5.09. The van der Waals surface area contributed by atoms with E-state index >= 15 is 0 Å². The molecule has 21 heavy (non-hydrogen) atoms. The zero-order valence-electron chi connectivity index (χ0n) is 12.3. The fraction of sp³-hybridized carbons (Fsp3) is 0.267. The highest BCUT2D eigenvalue weighted by Gasteiger charge is 2.13. The van der Waals surface area contributed by atoms with Crippen molar-refractivity contribution in [3.8, 4) is 0 Å². The zero-order chi connectivity index (χ0) is 15.4. The van der Waals surface area contributed by atoms with E-state index in [9.17, 15) is 4.79 Å². The van der Waals surface area contributed by atoms with Crippen molar-refractivity contribution in [2.45, 2.75) is 26.7 Å². The Morgan fingerprint density at radius 1 is 1.33 bits per heavy atom. The highest BCUT2D eigenvalue weighted by atomic mass is 16.1. The molecular formula is C15H19N5O. The van der Waals surface area contributed by atoms with Crippen molar-refractivity contribution in [1.82, 2.24) is 9.97 Å². The molecule has 0 unspecified atom stereocenters. The fourth-order valence-corrected chi connectivity index (χ4v) is 1.85. The van der Waals surface area contributed by atoms with Crippen molar-refractivity contribution in [2.75, 3.05) is 10.7 Å². The first-order valence-electron chi connectivity index (χ1n) is 6.73. The van der Waals surface area contributed by atoms with Crippen LogP contribution in [0.5, 0.6) is 0 Å². The molecular weight excluding hydrogens is 266 g/mol. The number of hydrogen-bond acceptors (Lipinski definition) is 5. The van der Waals surface area contributed by atoms with Crippen LogP contribution in [-0.4, -0.2) is 15.9 Å². The van der Waals surface area contributed by atoms with Gasteiger partial charge in [-0.3, -0.25) is 4.79 Å². The summed E-state index contributed by atoms with van der Waals surface area (Å²) in [6.45, 7) is 5.90. The van der Waals surface area contributed by atoms with Gasteiger partial charge in [0.15, 0.2) is 0 Å². The number of carbonyl (C=O) groups is 1. The second-order valence-electron chi connectivity index (χ2n) is 5.09. The van der Waals surface area contributed by atoms with E-state index in [2.05, 4.69) is 20.7 Å². The van der Waals surface area contributed by atoms with Gasteiger partial charge in [-0.05, 0) is 36.6 Å². The quantitative estimate of drug-likeness (QED) is 0.592. The van der Waals surface area contributed by atoms with E-state index in [1.54, 1.807) is 18.3 Å². The first-order chi connectivity index (χ1) is 10.0. The fourth-order valence-electron chi connectivity index (χ4n) is 1.85. The van der Waals surface area contributed by atoms with Gasteiger partial charge in [-0.2, -0.15) is 0 Å². The molecule has 4 N–H and O–H groups in total. The SMILES string of the molecule is Cc1cccnc1NC(=O)c1cc(NN)nc(C(C)C)c1. The van der Waals surface area contributed by atoms with E-state index in [0.29, 0.717) is 17.2 Å². The summed E-state index contributed by atoms with van der Waals surface area (Å²) in [5.41, 5.74) is 4.68. The Hall–Kier alpha value is -2.47. The minimum atomic E-state index is -0.238. The van der Waals surface area contributed by atoms with Gasteiger partial charge in [-0.25, -0.2) is 15.8 Å². The lowest BCUT2D eigenvalue weighted by molar-refractivity contribution is 0.102. The molecule has 6 nitrogen and oxygen atoms in total. The number of rotatable bonds is 4. The molecule has 0 aliphatic carbocycles. The van der Waals surface area contributed by atoms with Crippen molar-refractivity contribution in [3.05, 3.63) is 47.3 Å². The Kier molecular flexibility index (Phi) is 4.49. The average Bonchev–Trinajstić information content (AvgIpc) is 2.49. The van der Waals surface area contributed by atoms with Crippen LogP contribution in [0.25, 0.3) is 0 Å². The largest absolute Gasteiger partial charge is 0.308 e. The molecule has 0 aliphatic rings. The molecule has 2 heterocycles. The Bertz CT molecular complexity index is 654. The number of aromatic nitrogens is 2. The van der Waals surface area contributed by atoms with E-state index in [1.165, 1.54) is 0 Å². The van der Waals surface area contributed by atoms with Crippen molar-refractivity contribution in [2.24, 2.45) is 5.84 Å². The Labute approximate surface area is 123 Å². The molecule has 0 atom stereocenters. The highest BCUT2D eigenvalue weighted by Crippen LogP contribution is 2.18. The molecule has 6 heteroatoms. The number of anilines is 2. The molecule has 0 spiro atoms. The van der Waals surface area contributed by atoms with Crippen LogP contribution in [-0.2, 0) is 0 Å². The molecule has 0 saturated heterocycles. The monoisotopic (exact) mass is 285 g/mol. The normalized spacial score (nSPS) is 10.5. The van der Waals surface area contributed by atoms with E-state index < -0.39 is 0 Å². The first-order valence-corrected chi connectivity index (χ1v) is 6.73. The maximum atomic E-state index is 12.4. The van der Waals surface area contributed by atoms with Gasteiger partial charge < -0.3 is 10.7 Å². The Morgan fingerprint density at radius 2 is 2.10 bits per heavy atom. The number of amides is 1. The number of nitrogens with one attached hydrogen (secondary N) is 2. The summed E-state index contributed by atoms with van der Waals surface area (Å²) in [6, 6.07) is 7.09. The maximum absolute atomic E-state index is 12.4. The third-order valence-corrected chi connectivity index (χ3v) is 3.09. The number of carbonyl (C=O) groups excluding carboxylic acids is 1. The second kappa shape index (κ2) is 6.32.